The second kappa shape index (κ2) is 9.50. The summed E-state index contributed by atoms with van der Waals surface area (Å²) in [6.07, 6.45) is 1.95. The summed E-state index contributed by atoms with van der Waals surface area (Å²) in [5.74, 6) is 1.86. The number of nitrogens with one attached hydrogen (secondary N) is 1. The lowest BCUT2D eigenvalue weighted by molar-refractivity contribution is -0.120. The molecular weight excluding hydrogens is 440 g/mol. The maximum absolute atomic E-state index is 13.6. The fourth-order valence-corrected chi connectivity index (χ4v) is 4.91. The zero-order chi connectivity index (χ0) is 23.5. The van der Waals surface area contributed by atoms with Crippen LogP contribution >= 0.6 is 11.3 Å². The van der Waals surface area contributed by atoms with Crippen molar-refractivity contribution in [3.05, 3.63) is 59.0 Å². The van der Waals surface area contributed by atoms with Crippen LogP contribution < -0.4 is 10.1 Å². The fourth-order valence-electron chi connectivity index (χ4n) is 3.75. The molecule has 2 amide bonds. The van der Waals surface area contributed by atoms with E-state index in [2.05, 4.69) is 10.4 Å². The average Bonchev–Trinajstić information content (AvgIpc) is 3.55. The molecule has 1 aromatic carbocycles. The molecule has 4 rings (SSSR count). The fraction of sp³-hybridized carbons (Fsp3) is 0.292. The Labute approximate surface area is 195 Å². The SMILES string of the molecule is CNC(=O)CCN(Cc1ccc(C)o1)C(=O)c1cc2c(OC)ccc(-c3ccnn3C)c2s1. The predicted molar refractivity (Wildman–Crippen MR) is 127 cm³/mol. The molecule has 4 aromatic rings. The number of fused-ring (bicyclic) bond motifs is 1. The van der Waals surface area contributed by atoms with E-state index in [0.29, 0.717) is 16.4 Å². The molecule has 3 aromatic heterocycles. The highest BCUT2D eigenvalue weighted by molar-refractivity contribution is 7.21. The number of methoxy groups -OCH3 is 1. The molecule has 1 N–H and O–H groups in total. The minimum atomic E-state index is -0.160. The Morgan fingerprint density at radius 2 is 2.06 bits per heavy atom. The van der Waals surface area contributed by atoms with Gasteiger partial charge in [-0.3, -0.25) is 14.3 Å². The summed E-state index contributed by atoms with van der Waals surface area (Å²) in [4.78, 5) is 27.7. The maximum Gasteiger partial charge on any atom is 0.264 e. The van der Waals surface area contributed by atoms with Gasteiger partial charge in [0.25, 0.3) is 5.91 Å². The Balaban J connectivity index is 1.73. The topological polar surface area (TPSA) is 89.6 Å². The molecule has 3 heterocycles. The van der Waals surface area contributed by atoms with Gasteiger partial charge in [0, 0.05) is 48.9 Å². The number of carbonyl (C=O) groups is 2. The standard InChI is InChI=1S/C24H26N4O4S/c1-15-5-6-16(32-15)14-28(12-10-22(29)25-2)24(30)21-13-18-20(31-4)8-7-17(23(18)33-21)19-9-11-26-27(19)3/h5-9,11,13H,10,12,14H2,1-4H3,(H,25,29). The van der Waals surface area contributed by atoms with E-state index < -0.39 is 0 Å². The first-order valence-electron chi connectivity index (χ1n) is 10.6. The number of amides is 2. The summed E-state index contributed by atoms with van der Waals surface area (Å²) in [5.41, 5.74) is 1.93. The third kappa shape index (κ3) is 4.63. The number of aryl methyl sites for hydroxylation is 2. The number of hydrogen-bond acceptors (Lipinski definition) is 6. The molecule has 0 radical (unpaired) electrons. The van der Waals surface area contributed by atoms with E-state index in [1.807, 2.05) is 50.4 Å². The zero-order valence-electron chi connectivity index (χ0n) is 19.0. The number of hydrogen-bond donors (Lipinski definition) is 1. The molecule has 0 atom stereocenters. The summed E-state index contributed by atoms with van der Waals surface area (Å²) >= 11 is 1.41. The molecule has 0 aliphatic heterocycles. The van der Waals surface area contributed by atoms with Crippen LogP contribution in [0.5, 0.6) is 5.75 Å². The van der Waals surface area contributed by atoms with Crippen molar-refractivity contribution in [1.29, 1.82) is 0 Å². The molecule has 0 aliphatic carbocycles. The van der Waals surface area contributed by atoms with Gasteiger partial charge in [0.2, 0.25) is 5.91 Å². The summed E-state index contributed by atoms with van der Waals surface area (Å²) in [7, 11) is 5.09. The minimum Gasteiger partial charge on any atom is -0.496 e. The third-order valence-corrected chi connectivity index (χ3v) is 6.64. The maximum atomic E-state index is 13.6. The summed E-state index contributed by atoms with van der Waals surface area (Å²) in [5, 5.41) is 7.75. The van der Waals surface area contributed by atoms with E-state index in [0.717, 1.165) is 27.1 Å². The Morgan fingerprint density at radius 1 is 1.24 bits per heavy atom. The van der Waals surface area contributed by atoms with Crippen molar-refractivity contribution in [3.8, 4) is 17.0 Å². The van der Waals surface area contributed by atoms with Gasteiger partial charge in [-0.15, -0.1) is 11.3 Å². The van der Waals surface area contributed by atoms with Gasteiger partial charge in [-0.25, -0.2) is 0 Å². The molecule has 0 bridgehead atoms. The molecule has 0 unspecified atom stereocenters. The molecule has 33 heavy (non-hydrogen) atoms. The van der Waals surface area contributed by atoms with Gasteiger partial charge in [0.1, 0.15) is 17.3 Å². The Bertz CT molecular complexity index is 1300. The van der Waals surface area contributed by atoms with Crippen LogP contribution in [0.1, 0.15) is 27.6 Å². The Hall–Kier alpha value is -3.59. The normalized spacial score (nSPS) is 11.0. The number of thiophene rings is 1. The lowest BCUT2D eigenvalue weighted by Gasteiger charge is -2.20. The number of furan rings is 1. The monoisotopic (exact) mass is 466 g/mol. The number of benzene rings is 1. The molecule has 0 fully saturated rings. The van der Waals surface area contributed by atoms with Gasteiger partial charge in [0.15, 0.2) is 0 Å². The van der Waals surface area contributed by atoms with Crippen molar-refractivity contribution in [2.45, 2.75) is 19.9 Å². The van der Waals surface area contributed by atoms with Crippen LogP contribution in [0.25, 0.3) is 21.3 Å². The van der Waals surface area contributed by atoms with Gasteiger partial charge in [-0.1, -0.05) is 0 Å². The van der Waals surface area contributed by atoms with Crippen LogP contribution in [0.4, 0.5) is 0 Å². The molecule has 9 heteroatoms. The number of aromatic nitrogens is 2. The number of carbonyl (C=O) groups excluding carboxylic acids is 2. The molecule has 0 saturated carbocycles. The van der Waals surface area contributed by atoms with Crippen LogP contribution in [0.15, 0.2) is 47.0 Å². The van der Waals surface area contributed by atoms with Crippen LogP contribution in [-0.4, -0.2) is 47.2 Å². The average molecular weight is 467 g/mol. The van der Waals surface area contributed by atoms with Gasteiger partial charge in [-0.05, 0) is 43.3 Å². The van der Waals surface area contributed by atoms with Gasteiger partial charge in [0.05, 0.1) is 24.2 Å². The zero-order valence-corrected chi connectivity index (χ0v) is 19.9. The summed E-state index contributed by atoms with van der Waals surface area (Å²) in [6, 6.07) is 11.4. The van der Waals surface area contributed by atoms with Gasteiger partial charge >= 0.3 is 0 Å². The number of rotatable bonds is 8. The minimum absolute atomic E-state index is 0.125. The molecular formula is C24H26N4O4S. The van der Waals surface area contributed by atoms with Gasteiger partial charge in [-0.2, -0.15) is 5.10 Å². The van der Waals surface area contributed by atoms with Crippen molar-refractivity contribution in [1.82, 2.24) is 20.0 Å². The second-order valence-corrected chi connectivity index (χ2v) is 8.72. The molecule has 172 valence electrons. The van der Waals surface area contributed by atoms with Crippen molar-refractivity contribution in [3.63, 3.8) is 0 Å². The molecule has 0 spiro atoms. The lowest BCUT2D eigenvalue weighted by Crippen LogP contribution is -2.33. The van der Waals surface area contributed by atoms with E-state index >= 15 is 0 Å². The van der Waals surface area contributed by atoms with Crippen molar-refractivity contribution >= 4 is 33.2 Å². The highest BCUT2D eigenvalue weighted by Crippen LogP contribution is 2.40. The molecule has 8 nitrogen and oxygen atoms in total. The predicted octanol–water partition coefficient (Wildman–Crippen LogP) is 3.99. The van der Waals surface area contributed by atoms with E-state index in [9.17, 15) is 9.59 Å². The Kier molecular flexibility index (Phi) is 6.50. The summed E-state index contributed by atoms with van der Waals surface area (Å²) in [6.45, 7) is 2.42. The third-order valence-electron chi connectivity index (χ3n) is 5.49. The van der Waals surface area contributed by atoms with Crippen LogP contribution in [0.3, 0.4) is 0 Å². The molecule has 0 aliphatic rings. The smallest absolute Gasteiger partial charge is 0.264 e. The highest BCUT2D eigenvalue weighted by atomic mass is 32.1. The van der Waals surface area contributed by atoms with Crippen molar-refractivity contribution < 1.29 is 18.7 Å². The quantitative estimate of drug-likeness (QED) is 0.424. The number of nitrogens with zero attached hydrogens (tertiary/aromatic N) is 3. The van der Waals surface area contributed by atoms with Crippen LogP contribution in [0.2, 0.25) is 0 Å². The first-order chi connectivity index (χ1) is 15.9. The Morgan fingerprint density at radius 3 is 2.70 bits per heavy atom. The largest absolute Gasteiger partial charge is 0.496 e. The second-order valence-electron chi connectivity index (χ2n) is 7.67. The van der Waals surface area contributed by atoms with Crippen molar-refractivity contribution in [2.24, 2.45) is 7.05 Å². The first-order valence-corrected chi connectivity index (χ1v) is 11.4. The first kappa shape index (κ1) is 22.6. The van der Waals surface area contributed by atoms with Gasteiger partial charge < -0.3 is 19.4 Å². The van der Waals surface area contributed by atoms with Crippen molar-refractivity contribution in [2.75, 3.05) is 20.7 Å². The van der Waals surface area contributed by atoms with Crippen LogP contribution in [-0.2, 0) is 18.4 Å². The van der Waals surface area contributed by atoms with Crippen LogP contribution in [0, 0.1) is 6.92 Å². The lowest BCUT2D eigenvalue weighted by atomic mass is 10.1. The van der Waals surface area contributed by atoms with E-state index in [1.54, 1.807) is 29.9 Å². The highest BCUT2D eigenvalue weighted by Gasteiger charge is 2.23. The van der Waals surface area contributed by atoms with E-state index in [1.165, 1.54) is 11.3 Å². The molecule has 0 saturated heterocycles. The van der Waals surface area contributed by atoms with E-state index in [-0.39, 0.29) is 31.3 Å². The summed E-state index contributed by atoms with van der Waals surface area (Å²) < 4.78 is 14.0. The number of ether oxygens (including phenoxy) is 1. The van der Waals surface area contributed by atoms with E-state index in [4.69, 9.17) is 9.15 Å².